The minimum atomic E-state index is -3.76. The molecule has 0 aliphatic heterocycles. The van der Waals surface area contributed by atoms with E-state index in [0.29, 0.717) is 5.56 Å². The molecule has 0 unspecified atom stereocenters. The molecule has 0 fully saturated rings. The van der Waals surface area contributed by atoms with Crippen LogP contribution in [0, 0.1) is 11.8 Å². The van der Waals surface area contributed by atoms with Crippen molar-refractivity contribution in [2.45, 2.75) is 16.3 Å². The van der Waals surface area contributed by atoms with Crippen molar-refractivity contribution >= 4 is 27.4 Å². The first-order chi connectivity index (χ1) is 15.8. The molecule has 1 heterocycles. The summed E-state index contributed by atoms with van der Waals surface area (Å²) in [6.07, 6.45) is 3.28. The summed E-state index contributed by atoms with van der Waals surface area (Å²) >= 11 is 0. The van der Waals surface area contributed by atoms with Gasteiger partial charge in [-0.25, -0.2) is 18.7 Å². The molecule has 0 atom stereocenters. The highest BCUT2D eigenvalue weighted by Crippen LogP contribution is 2.22. The Morgan fingerprint density at radius 1 is 1.06 bits per heavy atom. The van der Waals surface area contributed by atoms with Gasteiger partial charge in [0, 0.05) is 44.3 Å². The summed E-state index contributed by atoms with van der Waals surface area (Å²) in [5.41, 5.74) is 7.77. The Balaban J connectivity index is 0.00000187. The molecule has 1 aromatic heterocycles. The predicted octanol–water partition coefficient (Wildman–Crippen LogP) is 2.68. The SMILES string of the molecule is C#N.CN(C)C(=O)c1cccc(S(=O)(=O)c2ccc(CN=C(N)Nc3ccncc3)cc2)c1. The molecule has 3 rings (SSSR count). The molecule has 3 N–H and O–H groups in total. The van der Waals surface area contributed by atoms with Crippen LogP contribution in [0.3, 0.4) is 0 Å². The van der Waals surface area contributed by atoms with Gasteiger partial charge in [-0.2, -0.15) is 0 Å². The number of aromatic nitrogens is 1. The molecule has 0 saturated carbocycles. The normalized spacial score (nSPS) is 11.1. The van der Waals surface area contributed by atoms with Crippen LogP contribution < -0.4 is 11.1 Å². The highest BCUT2D eigenvalue weighted by atomic mass is 32.2. The number of aliphatic imine (C=N–C) groups is 1. The average Bonchev–Trinajstić information content (AvgIpc) is 2.84. The van der Waals surface area contributed by atoms with E-state index in [2.05, 4.69) is 21.9 Å². The number of rotatable bonds is 6. The van der Waals surface area contributed by atoms with E-state index in [1.807, 2.05) is 0 Å². The molecule has 10 heteroatoms. The monoisotopic (exact) mass is 464 g/mol. The molecule has 0 aliphatic carbocycles. The van der Waals surface area contributed by atoms with Crippen LogP contribution in [0.5, 0.6) is 0 Å². The second-order valence-corrected chi connectivity index (χ2v) is 8.89. The van der Waals surface area contributed by atoms with Gasteiger partial charge in [-0.15, -0.1) is 0 Å². The minimum absolute atomic E-state index is 0.0665. The van der Waals surface area contributed by atoms with Gasteiger partial charge in [0.05, 0.1) is 16.3 Å². The Morgan fingerprint density at radius 2 is 1.70 bits per heavy atom. The fourth-order valence-electron chi connectivity index (χ4n) is 2.76. The standard InChI is InChI=1S/C22H23N5O3S.CHN/c1-27(2)21(28)17-4-3-5-20(14-17)31(29,30)19-8-6-16(7-9-19)15-25-22(23)26-18-10-12-24-13-11-18;1-2/h3-14H,15H2,1-2H3,(H3,23,24,25,26);1H. The fourth-order valence-corrected chi connectivity index (χ4v) is 4.07. The number of sulfone groups is 1. The third kappa shape index (κ3) is 6.62. The number of anilines is 1. The lowest BCUT2D eigenvalue weighted by molar-refractivity contribution is 0.0827. The van der Waals surface area contributed by atoms with Gasteiger partial charge in [0.25, 0.3) is 5.91 Å². The molecule has 0 radical (unpaired) electrons. The van der Waals surface area contributed by atoms with Gasteiger partial charge in [-0.05, 0) is 48.0 Å². The second kappa shape index (κ2) is 11.4. The summed E-state index contributed by atoms with van der Waals surface area (Å²) in [5, 5.41) is 9.45. The maximum absolute atomic E-state index is 13.0. The Labute approximate surface area is 193 Å². The average molecular weight is 465 g/mol. The number of amides is 1. The van der Waals surface area contributed by atoms with Gasteiger partial charge in [-0.1, -0.05) is 18.2 Å². The van der Waals surface area contributed by atoms with Gasteiger partial charge in [0.1, 0.15) is 0 Å². The minimum Gasteiger partial charge on any atom is -0.370 e. The summed E-state index contributed by atoms with van der Waals surface area (Å²) in [5.74, 6) is -0.0199. The van der Waals surface area contributed by atoms with E-state index in [1.54, 1.807) is 62.9 Å². The van der Waals surface area contributed by atoms with Crippen molar-refractivity contribution in [2.75, 3.05) is 19.4 Å². The van der Waals surface area contributed by atoms with Crippen LogP contribution in [-0.2, 0) is 16.4 Å². The fraction of sp³-hybridized carbons (Fsp3) is 0.130. The lowest BCUT2D eigenvalue weighted by Gasteiger charge is -2.11. The number of pyridine rings is 1. The molecule has 0 saturated heterocycles. The zero-order valence-corrected chi connectivity index (χ0v) is 19.0. The zero-order chi connectivity index (χ0) is 24.4. The Kier molecular flexibility index (Phi) is 8.65. The number of nitriles is 1. The first-order valence-electron chi connectivity index (χ1n) is 9.66. The van der Waals surface area contributed by atoms with E-state index in [-0.39, 0.29) is 28.2 Å². The van der Waals surface area contributed by atoms with Crippen molar-refractivity contribution < 1.29 is 13.2 Å². The van der Waals surface area contributed by atoms with Gasteiger partial charge >= 0.3 is 0 Å². The van der Waals surface area contributed by atoms with E-state index in [4.69, 9.17) is 11.0 Å². The quantitative estimate of drug-likeness (QED) is 0.422. The predicted molar refractivity (Wildman–Crippen MR) is 126 cm³/mol. The first-order valence-corrected chi connectivity index (χ1v) is 11.1. The molecule has 170 valence electrons. The van der Waals surface area contributed by atoms with Gasteiger partial charge in [0.2, 0.25) is 9.84 Å². The smallest absolute Gasteiger partial charge is 0.253 e. The van der Waals surface area contributed by atoms with E-state index in [1.165, 1.54) is 29.2 Å². The van der Waals surface area contributed by atoms with Crippen molar-refractivity contribution in [3.8, 4) is 6.57 Å². The zero-order valence-electron chi connectivity index (χ0n) is 18.2. The lowest BCUT2D eigenvalue weighted by Crippen LogP contribution is -2.22. The number of nitrogens with one attached hydrogen (secondary N) is 1. The van der Waals surface area contributed by atoms with Crippen LogP contribution in [0.15, 0.2) is 87.8 Å². The Bertz CT molecular complexity index is 1240. The summed E-state index contributed by atoms with van der Waals surface area (Å²) in [6.45, 7) is 3.79. The first kappa shape index (κ1) is 25.0. The molecule has 0 spiro atoms. The van der Waals surface area contributed by atoms with Crippen molar-refractivity contribution in [1.29, 1.82) is 5.26 Å². The van der Waals surface area contributed by atoms with Crippen LogP contribution in [0.2, 0.25) is 0 Å². The van der Waals surface area contributed by atoms with E-state index in [0.717, 1.165) is 11.3 Å². The van der Waals surface area contributed by atoms with Gasteiger partial charge < -0.3 is 16.0 Å². The van der Waals surface area contributed by atoms with E-state index < -0.39 is 9.84 Å². The number of carbonyl (C=O) groups excluding carboxylic acids is 1. The second-order valence-electron chi connectivity index (χ2n) is 6.94. The summed E-state index contributed by atoms with van der Waals surface area (Å²) < 4.78 is 25.9. The molecule has 0 bridgehead atoms. The summed E-state index contributed by atoms with van der Waals surface area (Å²) in [4.78, 5) is 21.9. The third-order valence-electron chi connectivity index (χ3n) is 4.42. The molecular formula is C23H24N6O3S. The molecule has 1 amide bonds. The number of hydrogen-bond donors (Lipinski definition) is 2. The number of hydrogen-bond acceptors (Lipinski definition) is 6. The van der Waals surface area contributed by atoms with Crippen molar-refractivity contribution in [1.82, 2.24) is 9.88 Å². The Morgan fingerprint density at radius 3 is 2.30 bits per heavy atom. The van der Waals surface area contributed by atoms with E-state index in [9.17, 15) is 13.2 Å². The summed E-state index contributed by atoms with van der Waals surface area (Å²) in [7, 11) is -0.529. The Hall–Kier alpha value is -4.23. The van der Waals surface area contributed by atoms with E-state index >= 15 is 0 Å². The lowest BCUT2D eigenvalue weighted by atomic mass is 10.2. The molecule has 2 aromatic carbocycles. The van der Waals surface area contributed by atoms with Crippen LogP contribution in [0.25, 0.3) is 0 Å². The summed E-state index contributed by atoms with van der Waals surface area (Å²) in [6, 6.07) is 16.0. The molecular weight excluding hydrogens is 440 g/mol. The number of nitrogens with zero attached hydrogens (tertiary/aromatic N) is 4. The van der Waals surface area contributed by atoms with Crippen LogP contribution in [0.1, 0.15) is 15.9 Å². The number of benzene rings is 2. The third-order valence-corrected chi connectivity index (χ3v) is 6.18. The van der Waals surface area contributed by atoms with Crippen LogP contribution in [0.4, 0.5) is 5.69 Å². The van der Waals surface area contributed by atoms with Crippen LogP contribution >= 0.6 is 0 Å². The number of nitrogens with two attached hydrogens (primary N) is 1. The highest BCUT2D eigenvalue weighted by Gasteiger charge is 2.19. The molecule has 3 aromatic rings. The highest BCUT2D eigenvalue weighted by molar-refractivity contribution is 7.91. The maximum atomic E-state index is 13.0. The number of guanidine groups is 1. The largest absolute Gasteiger partial charge is 0.370 e. The molecule has 9 nitrogen and oxygen atoms in total. The topological polar surface area (TPSA) is 142 Å². The van der Waals surface area contributed by atoms with Crippen molar-refractivity contribution in [3.05, 3.63) is 84.2 Å². The van der Waals surface area contributed by atoms with Crippen molar-refractivity contribution in [2.24, 2.45) is 10.7 Å². The van der Waals surface area contributed by atoms with Crippen molar-refractivity contribution in [3.63, 3.8) is 0 Å². The maximum Gasteiger partial charge on any atom is 0.253 e. The molecule has 0 aliphatic rings. The molecule has 33 heavy (non-hydrogen) atoms. The number of carbonyl (C=O) groups is 1. The van der Waals surface area contributed by atoms with Gasteiger partial charge in [0.15, 0.2) is 5.96 Å². The van der Waals surface area contributed by atoms with Gasteiger partial charge in [-0.3, -0.25) is 9.78 Å². The van der Waals surface area contributed by atoms with Crippen LogP contribution in [-0.4, -0.2) is 44.3 Å².